The van der Waals surface area contributed by atoms with Crippen molar-refractivity contribution < 1.29 is 27.1 Å². The zero-order valence-corrected chi connectivity index (χ0v) is 18.6. The normalized spacial score (nSPS) is 12.1. The Morgan fingerprint density at radius 3 is 2.18 bits per heavy atom. The number of nitrogens with one attached hydrogen (secondary N) is 2. The van der Waals surface area contributed by atoms with Crippen LogP contribution in [0.4, 0.5) is 10.1 Å². The number of carbonyl (C=O) groups excluding carboxylic acids is 2. The molecule has 0 bridgehead atoms. The minimum atomic E-state index is -4.10. The van der Waals surface area contributed by atoms with E-state index in [0.717, 1.165) is 29.8 Å². The van der Waals surface area contributed by atoms with Gasteiger partial charge >= 0.3 is 5.97 Å². The number of hydrogen-bond donors (Lipinski definition) is 2. The van der Waals surface area contributed by atoms with Gasteiger partial charge in [0.15, 0.2) is 0 Å². The first-order valence-electron chi connectivity index (χ1n) is 10.2. The number of amides is 1. The molecule has 0 unspecified atom stereocenters. The van der Waals surface area contributed by atoms with Gasteiger partial charge < -0.3 is 10.1 Å². The van der Waals surface area contributed by atoms with Crippen molar-refractivity contribution >= 4 is 27.6 Å². The summed E-state index contributed by atoms with van der Waals surface area (Å²) in [5, 5.41) is 2.67. The molecule has 9 heteroatoms. The fourth-order valence-electron chi connectivity index (χ4n) is 3.04. The lowest BCUT2D eigenvalue weighted by molar-refractivity contribution is -0.117. The van der Waals surface area contributed by atoms with Gasteiger partial charge in [-0.25, -0.2) is 17.6 Å². The standard InChI is InChI=1S/C24H23FN2O5S/c1-2-32-24(29)18-8-12-20(13-9-18)26-23(28)22(16-17-6-4-3-5-7-17)27-33(30,31)21-14-10-19(25)11-15-21/h3-15,22,27H,2,16H2,1H3,(H,26,28)/t22-/m1/s1. The second-order valence-electron chi connectivity index (χ2n) is 7.10. The zero-order valence-electron chi connectivity index (χ0n) is 17.8. The molecule has 0 radical (unpaired) electrons. The lowest BCUT2D eigenvalue weighted by Gasteiger charge is -2.19. The predicted octanol–water partition coefficient (Wildman–Crippen LogP) is 3.53. The average molecular weight is 471 g/mol. The topological polar surface area (TPSA) is 102 Å². The molecule has 0 heterocycles. The van der Waals surface area contributed by atoms with E-state index in [9.17, 15) is 22.4 Å². The number of anilines is 1. The molecule has 0 aliphatic rings. The molecule has 3 aromatic rings. The van der Waals surface area contributed by atoms with Crippen molar-refractivity contribution in [2.24, 2.45) is 0 Å². The van der Waals surface area contributed by atoms with Crippen molar-refractivity contribution in [3.8, 4) is 0 Å². The van der Waals surface area contributed by atoms with Crippen molar-refractivity contribution in [2.45, 2.75) is 24.3 Å². The summed E-state index contributed by atoms with van der Waals surface area (Å²) in [5.74, 6) is -1.64. The van der Waals surface area contributed by atoms with Crippen LogP contribution in [0.2, 0.25) is 0 Å². The molecule has 0 aliphatic carbocycles. The third kappa shape index (κ3) is 6.71. The van der Waals surface area contributed by atoms with E-state index in [1.165, 1.54) is 24.3 Å². The Bertz CT molecular complexity index is 1200. The number of rotatable bonds is 9. The molecule has 0 aliphatic heterocycles. The van der Waals surface area contributed by atoms with Crippen molar-refractivity contribution in [3.63, 3.8) is 0 Å². The minimum absolute atomic E-state index is 0.0913. The van der Waals surface area contributed by atoms with E-state index in [1.54, 1.807) is 31.2 Å². The molecular formula is C24H23FN2O5S. The van der Waals surface area contributed by atoms with Crippen molar-refractivity contribution in [1.82, 2.24) is 4.72 Å². The van der Waals surface area contributed by atoms with Crippen LogP contribution in [0.15, 0.2) is 83.8 Å². The van der Waals surface area contributed by atoms with E-state index >= 15 is 0 Å². The van der Waals surface area contributed by atoms with E-state index in [4.69, 9.17) is 4.74 Å². The first kappa shape index (κ1) is 24.1. The van der Waals surface area contributed by atoms with E-state index in [1.807, 2.05) is 6.07 Å². The molecule has 3 aromatic carbocycles. The Morgan fingerprint density at radius 1 is 0.939 bits per heavy atom. The Balaban J connectivity index is 1.80. The van der Waals surface area contributed by atoms with E-state index in [-0.39, 0.29) is 17.9 Å². The van der Waals surface area contributed by atoms with Crippen LogP contribution < -0.4 is 10.0 Å². The van der Waals surface area contributed by atoms with Crippen LogP contribution in [0.3, 0.4) is 0 Å². The highest BCUT2D eigenvalue weighted by Crippen LogP contribution is 2.15. The summed E-state index contributed by atoms with van der Waals surface area (Å²) in [6.45, 7) is 1.94. The first-order valence-corrected chi connectivity index (χ1v) is 11.7. The van der Waals surface area contributed by atoms with Gasteiger partial charge in [0, 0.05) is 5.69 Å². The Hall–Kier alpha value is -3.56. The fourth-order valence-corrected chi connectivity index (χ4v) is 4.24. The maximum atomic E-state index is 13.2. The molecule has 1 amide bonds. The first-order chi connectivity index (χ1) is 15.8. The molecule has 172 valence electrons. The van der Waals surface area contributed by atoms with Crippen LogP contribution in [0.1, 0.15) is 22.8 Å². The molecule has 33 heavy (non-hydrogen) atoms. The Morgan fingerprint density at radius 2 is 1.58 bits per heavy atom. The van der Waals surface area contributed by atoms with Crippen LogP contribution in [-0.4, -0.2) is 32.9 Å². The fraction of sp³-hybridized carbons (Fsp3) is 0.167. The second kappa shape index (κ2) is 10.8. The Labute approximate surface area is 191 Å². The van der Waals surface area contributed by atoms with Crippen LogP contribution in [-0.2, 0) is 26.0 Å². The summed E-state index contributed by atoms with van der Waals surface area (Å²) in [4.78, 5) is 24.6. The molecule has 0 fully saturated rings. The lowest BCUT2D eigenvalue weighted by atomic mass is 10.1. The largest absolute Gasteiger partial charge is 0.462 e. The number of benzene rings is 3. The summed E-state index contributed by atoms with van der Waals surface area (Å²) < 4.78 is 46.2. The van der Waals surface area contributed by atoms with Gasteiger partial charge in [0.1, 0.15) is 11.9 Å². The smallest absolute Gasteiger partial charge is 0.338 e. The van der Waals surface area contributed by atoms with E-state index in [2.05, 4.69) is 10.0 Å². The van der Waals surface area contributed by atoms with Crippen LogP contribution >= 0.6 is 0 Å². The summed E-state index contributed by atoms with van der Waals surface area (Å²) in [6.07, 6.45) is 0.0913. The van der Waals surface area contributed by atoms with Crippen LogP contribution in [0.25, 0.3) is 0 Å². The molecular weight excluding hydrogens is 447 g/mol. The molecule has 7 nitrogen and oxygen atoms in total. The van der Waals surface area contributed by atoms with Gasteiger partial charge in [-0.3, -0.25) is 4.79 Å². The molecule has 0 aromatic heterocycles. The van der Waals surface area contributed by atoms with E-state index < -0.39 is 33.8 Å². The minimum Gasteiger partial charge on any atom is -0.462 e. The highest BCUT2D eigenvalue weighted by atomic mass is 32.2. The van der Waals surface area contributed by atoms with Crippen molar-refractivity contribution in [3.05, 3.63) is 95.8 Å². The van der Waals surface area contributed by atoms with Gasteiger partial charge in [-0.2, -0.15) is 4.72 Å². The quantitative estimate of drug-likeness (QED) is 0.466. The van der Waals surface area contributed by atoms with Crippen molar-refractivity contribution in [2.75, 3.05) is 11.9 Å². The van der Waals surface area contributed by atoms with Gasteiger partial charge in [-0.1, -0.05) is 30.3 Å². The number of ether oxygens (including phenoxy) is 1. The number of halogens is 1. The highest BCUT2D eigenvalue weighted by molar-refractivity contribution is 7.89. The monoisotopic (exact) mass is 470 g/mol. The lowest BCUT2D eigenvalue weighted by Crippen LogP contribution is -2.45. The molecule has 3 rings (SSSR count). The molecule has 0 saturated heterocycles. The van der Waals surface area contributed by atoms with Gasteiger partial charge in [-0.15, -0.1) is 0 Å². The third-order valence-corrected chi connectivity index (χ3v) is 6.17. The van der Waals surface area contributed by atoms with Gasteiger partial charge in [0.25, 0.3) is 0 Å². The number of carbonyl (C=O) groups is 2. The molecule has 0 saturated carbocycles. The summed E-state index contributed by atoms with van der Waals surface area (Å²) in [7, 11) is -4.10. The predicted molar refractivity (Wildman–Crippen MR) is 122 cm³/mol. The maximum absolute atomic E-state index is 13.2. The number of hydrogen-bond acceptors (Lipinski definition) is 5. The van der Waals surface area contributed by atoms with Crippen LogP contribution in [0.5, 0.6) is 0 Å². The second-order valence-corrected chi connectivity index (χ2v) is 8.82. The molecule has 0 spiro atoms. The third-order valence-electron chi connectivity index (χ3n) is 4.68. The van der Waals surface area contributed by atoms with Gasteiger partial charge in [0.05, 0.1) is 17.1 Å². The van der Waals surface area contributed by atoms with Crippen LogP contribution in [0, 0.1) is 5.82 Å². The number of sulfonamides is 1. The summed E-state index contributed by atoms with van der Waals surface area (Å²) in [6, 6.07) is 18.2. The maximum Gasteiger partial charge on any atom is 0.338 e. The molecule has 1 atom stereocenters. The highest BCUT2D eigenvalue weighted by Gasteiger charge is 2.26. The van der Waals surface area contributed by atoms with Gasteiger partial charge in [-0.05, 0) is 67.4 Å². The number of esters is 1. The SMILES string of the molecule is CCOC(=O)c1ccc(NC(=O)[C@@H](Cc2ccccc2)NS(=O)(=O)c2ccc(F)cc2)cc1. The zero-order chi connectivity index (χ0) is 23.8. The van der Waals surface area contributed by atoms with Crippen molar-refractivity contribution in [1.29, 1.82) is 0 Å². The molecule has 2 N–H and O–H groups in total. The summed E-state index contributed by atoms with van der Waals surface area (Å²) >= 11 is 0. The van der Waals surface area contributed by atoms with Gasteiger partial charge in [0.2, 0.25) is 15.9 Å². The average Bonchev–Trinajstić information content (AvgIpc) is 2.80. The van der Waals surface area contributed by atoms with E-state index in [0.29, 0.717) is 11.3 Å². The summed E-state index contributed by atoms with van der Waals surface area (Å²) in [5.41, 5.74) is 1.46. The Kier molecular flexibility index (Phi) is 7.92.